The highest BCUT2D eigenvalue weighted by atomic mass is 32.1. The highest BCUT2D eigenvalue weighted by Crippen LogP contribution is 2.27. The van der Waals surface area contributed by atoms with E-state index in [1.807, 2.05) is 43.3 Å². The van der Waals surface area contributed by atoms with Gasteiger partial charge in [0.1, 0.15) is 17.0 Å². The number of benzene rings is 2. The van der Waals surface area contributed by atoms with Crippen molar-refractivity contribution in [2.45, 2.75) is 13.5 Å². The summed E-state index contributed by atoms with van der Waals surface area (Å²) in [5.41, 5.74) is 1.94. The molecule has 0 unspecified atom stereocenters. The van der Waals surface area contributed by atoms with E-state index in [0.717, 1.165) is 5.56 Å². The Hall–Kier alpha value is -3.98. The lowest BCUT2D eigenvalue weighted by atomic mass is 10.2. The van der Waals surface area contributed by atoms with Gasteiger partial charge in [-0.25, -0.2) is 9.36 Å². The Morgan fingerprint density at radius 3 is 2.62 bits per heavy atom. The molecule has 8 nitrogen and oxygen atoms in total. The third-order valence-corrected chi connectivity index (χ3v) is 6.05. The molecule has 0 atom stereocenters. The number of fused-ring (bicyclic) bond motifs is 1. The fourth-order valence-corrected chi connectivity index (χ4v) is 4.38. The van der Waals surface area contributed by atoms with Crippen molar-refractivity contribution in [3.05, 3.63) is 92.3 Å². The average Bonchev–Trinajstić information content (AvgIpc) is 3.48. The van der Waals surface area contributed by atoms with Crippen LogP contribution in [0.1, 0.15) is 11.5 Å². The number of methoxy groups -OCH3 is 1. The van der Waals surface area contributed by atoms with Crippen LogP contribution < -0.4 is 16.0 Å². The zero-order valence-electron chi connectivity index (χ0n) is 17.3. The van der Waals surface area contributed by atoms with Gasteiger partial charge in [0.05, 0.1) is 23.9 Å². The van der Waals surface area contributed by atoms with Crippen molar-refractivity contribution in [1.29, 1.82) is 0 Å². The molecule has 0 saturated carbocycles. The van der Waals surface area contributed by atoms with Gasteiger partial charge in [0.15, 0.2) is 0 Å². The zero-order valence-corrected chi connectivity index (χ0v) is 18.1. The molecule has 2 aromatic carbocycles. The van der Waals surface area contributed by atoms with E-state index in [-0.39, 0.29) is 18.0 Å². The van der Waals surface area contributed by atoms with Crippen molar-refractivity contribution in [1.82, 2.24) is 19.3 Å². The van der Waals surface area contributed by atoms with Gasteiger partial charge in [0.25, 0.3) is 5.56 Å². The Balaban J connectivity index is 1.62. The van der Waals surface area contributed by atoms with E-state index in [1.165, 1.54) is 20.5 Å². The molecule has 9 heteroatoms. The van der Waals surface area contributed by atoms with Gasteiger partial charge in [-0.05, 0) is 42.6 Å². The average molecular weight is 446 g/mol. The molecule has 32 heavy (non-hydrogen) atoms. The summed E-state index contributed by atoms with van der Waals surface area (Å²) in [4.78, 5) is 30.9. The first-order valence-corrected chi connectivity index (χ1v) is 10.7. The van der Waals surface area contributed by atoms with Gasteiger partial charge in [-0.2, -0.15) is 4.98 Å². The van der Waals surface area contributed by atoms with Crippen LogP contribution in [0, 0.1) is 6.92 Å². The molecule has 0 radical (unpaired) electrons. The van der Waals surface area contributed by atoms with Crippen LogP contribution in [0.3, 0.4) is 0 Å². The molecule has 5 rings (SSSR count). The highest BCUT2D eigenvalue weighted by Gasteiger charge is 2.19. The highest BCUT2D eigenvalue weighted by molar-refractivity contribution is 7.17. The number of rotatable bonds is 5. The maximum absolute atomic E-state index is 13.4. The first kappa shape index (κ1) is 20.0. The topological polar surface area (TPSA) is 92.2 Å². The Kier molecular flexibility index (Phi) is 4.95. The summed E-state index contributed by atoms with van der Waals surface area (Å²) in [5.74, 6) is 1.22. The number of hydrogen-bond donors (Lipinski definition) is 0. The third kappa shape index (κ3) is 3.32. The maximum Gasteiger partial charge on any atom is 0.336 e. The Morgan fingerprint density at radius 1 is 1.06 bits per heavy atom. The van der Waals surface area contributed by atoms with Gasteiger partial charge in [-0.3, -0.25) is 9.36 Å². The predicted octanol–water partition coefficient (Wildman–Crippen LogP) is 3.63. The van der Waals surface area contributed by atoms with E-state index in [1.54, 1.807) is 30.7 Å². The van der Waals surface area contributed by atoms with Gasteiger partial charge in [0, 0.05) is 0 Å². The fraction of sp³-hybridized carbons (Fsp3) is 0.130. The second-order valence-corrected chi connectivity index (χ2v) is 8.11. The smallest absolute Gasteiger partial charge is 0.336 e. The van der Waals surface area contributed by atoms with Crippen molar-refractivity contribution < 1.29 is 9.26 Å². The molecule has 0 aliphatic rings. The molecule has 0 bridgehead atoms. The molecular weight excluding hydrogens is 428 g/mol. The van der Waals surface area contributed by atoms with E-state index in [9.17, 15) is 9.59 Å². The van der Waals surface area contributed by atoms with Crippen LogP contribution >= 0.6 is 11.3 Å². The minimum absolute atomic E-state index is 0.0281. The molecule has 3 heterocycles. The Labute approximate surface area is 186 Å². The van der Waals surface area contributed by atoms with Crippen molar-refractivity contribution in [3.63, 3.8) is 0 Å². The van der Waals surface area contributed by atoms with Gasteiger partial charge in [-0.1, -0.05) is 35.0 Å². The third-order valence-electron chi connectivity index (χ3n) is 5.16. The normalized spacial score (nSPS) is 11.2. The molecule has 0 aliphatic heterocycles. The number of aromatic nitrogens is 4. The van der Waals surface area contributed by atoms with E-state index in [2.05, 4.69) is 10.1 Å². The Morgan fingerprint density at radius 2 is 1.84 bits per heavy atom. The summed E-state index contributed by atoms with van der Waals surface area (Å²) in [5, 5.41) is 5.84. The molecule has 3 aromatic heterocycles. The van der Waals surface area contributed by atoms with E-state index < -0.39 is 5.69 Å². The minimum Gasteiger partial charge on any atom is -0.496 e. The molecule has 0 fully saturated rings. The van der Waals surface area contributed by atoms with Gasteiger partial charge in [-0.15, -0.1) is 11.3 Å². The monoisotopic (exact) mass is 446 g/mol. The molecule has 0 N–H and O–H groups in total. The largest absolute Gasteiger partial charge is 0.496 e. The zero-order chi connectivity index (χ0) is 22.2. The molecule has 0 spiro atoms. The van der Waals surface area contributed by atoms with Gasteiger partial charge in [0.2, 0.25) is 11.7 Å². The molecule has 160 valence electrons. The number of para-hydroxylation sites is 1. The maximum atomic E-state index is 13.4. The summed E-state index contributed by atoms with van der Waals surface area (Å²) in [6.07, 6.45) is 0. The number of thiophene rings is 1. The van der Waals surface area contributed by atoms with Crippen molar-refractivity contribution in [2.75, 3.05) is 7.11 Å². The molecule has 5 aromatic rings. The number of hydrogen-bond acceptors (Lipinski definition) is 7. The quantitative estimate of drug-likeness (QED) is 0.409. The van der Waals surface area contributed by atoms with E-state index >= 15 is 0 Å². The lowest BCUT2D eigenvalue weighted by Crippen LogP contribution is -2.38. The predicted molar refractivity (Wildman–Crippen MR) is 122 cm³/mol. The summed E-state index contributed by atoms with van der Waals surface area (Å²) in [6, 6.07) is 16.3. The van der Waals surface area contributed by atoms with E-state index in [4.69, 9.17) is 9.26 Å². The van der Waals surface area contributed by atoms with Crippen LogP contribution in [0.25, 0.3) is 27.3 Å². The number of aryl methyl sites for hydroxylation is 1. The van der Waals surface area contributed by atoms with Crippen LogP contribution in [-0.4, -0.2) is 26.4 Å². The second-order valence-electron chi connectivity index (χ2n) is 7.19. The molecular formula is C23H18N4O4S. The van der Waals surface area contributed by atoms with Gasteiger partial charge >= 0.3 is 5.69 Å². The fourth-order valence-electron chi connectivity index (χ4n) is 3.55. The second kappa shape index (κ2) is 7.93. The standard InChI is InChI=1S/C23H18N4O4S/c1-14-7-9-15(10-8-14)27-22(28)20-17(11-12-32-20)26(23(27)29)13-19-24-21(25-31-19)16-5-3-4-6-18(16)30-2/h3-12H,13H2,1-2H3. The van der Waals surface area contributed by atoms with Crippen LogP contribution in [0.2, 0.25) is 0 Å². The summed E-state index contributed by atoms with van der Waals surface area (Å²) >= 11 is 1.29. The lowest BCUT2D eigenvalue weighted by Gasteiger charge is -2.11. The SMILES string of the molecule is COc1ccccc1-c1noc(Cn2c(=O)n(-c3ccc(C)cc3)c(=O)c3sccc32)n1. The van der Waals surface area contributed by atoms with Gasteiger partial charge < -0.3 is 9.26 Å². The van der Waals surface area contributed by atoms with E-state index in [0.29, 0.717) is 33.0 Å². The number of nitrogens with zero attached hydrogens (tertiary/aromatic N) is 4. The lowest BCUT2D eigenvalue weighted by molar-refractivity contribution is 0.369. The first-order valence-electron chi connectivity index (χ1n) is 9.83. The number of ether oxygens (including phenoxy) is 1. The van der Waals surface area contributed by atoms with Crippen LogP contribution in [0.4, 0.5) is 0 Å². The van der Waals surface area contributed by atoms with Crippen molar-refractivity contribution in [3.8, 4) is 22.8 Å². The van der Waals surface area contributed by atoms with Crippen molar-refractivity contribution >= 4 is 21.6 Å². The Bertz CT molecular complexity index is 1540. The molecule has 0 saturated heterocycles. The van der Waals surface area contributed by atoms with Crippen LogP contribution in [0.15, 0.2) is 74.1 Å². The van der Waals surface area contributed by atoms with Crippen molar-refractivity contribution in [2.24, 2.45) is 0 Å². The first-order chi connectivity index (χ1) is 15.6. The summed E-state index contributed by atoms with van der Waals surface area (Å²) in [7, 11) is 1.57. The molecule has 0 amide bonds. The summed E-state index contributed by atoms with van der Waals surface area (Å²) < 4.78 is 13.9. The van der Waals surface area contributed by atoms with Crippen LogP contribution in [0.5, 0.6) is 5.75 Å². The summed E-state index contributed by atoms with van der Waals surface area (Å²) in [6.45, 7) is 1.97. The van der Waals surface area contributed by atoms with Crippen LogP contribution in [-0.2, 0) is 6.54 Å². The molecule has 0 aliphatic carbocycles. The minimum atomic E-state index is -0.471.